The molecule has 0 bridgehead atoms. The van der Waals surface area contributed by atoms with Crippen LogP contribution in [0.1, 0.15) is 18.9 Å². The first kappa shape index (κ1) is 19.0. The van der Waals surface area contributed by atoms with Crippen molar-refractivity contribution in [2.45, 2.75) is 19.8 Å². The van der Waals surface area contributed by atoms with Crippen molar-refractivity contribution in [2.75, 3.05) is 34.3 Å². The van der Waals surface area contributed by atoms with Crippen LogP contribution in [0.3, 0.4) is 0 Å². The predicted octanol–water partition coefficient (Wildman–Crippen LogP) is 3.44. The number of ether oxygens (including phenoxy) is 1. The van der Waals surface area contributed by atoms with Gasteiger partial charge in [0.05, 0.1) is 18.6 Å². The fraction of sp³-hybridized carbons (Fsp3) is 0.316. The molecule has 0 fully saturated rings. The predicted molar refractivity (Wildman–Crippen MR) is 107 cm³/mol. The SMILES string of the molecule is CCS(=O)(=O)N1CCCc2cc(NC(=O)Nc3ccc(OC)cc3)ccc21. The molecule has 0 saturated heterocycles. The lowest BCUT2D eigenvalue weighted by Crippen LogP contribution is -2.36. The number of carbonyl (C=O) groups excluding carboxylic acids is 1. The summed E-state index contributed by atoms with van der Waals surface area (Å²) in [7, 11) is -1.71. The van der Waals surface area contributed by atoms with E-state index in [0.717, 1.165) is 18.4 Å². The number of fused-ring (bicyclic) bond motifs is 1. The Bertz CT molecular complexity index is 926. The number of nitrogens with one attached hydrogen (secondary N) is 2. The third-order valence-electron chi connectivity index (χ3n) is 4.46. The van der Waals surface area contributed by atoms with Crippen LogP contribution in [0.25, 0.3) is 0 Å². The van der Waals surface area contributed by atoms with Gasteiger partial charge in [-0.05, 0) is 67.8 Å². The third-order valence-corrected chi connectivity index (χ3v) is 6.24. The second-order valence-corrected chi connectivity index (χ2v) is 8.41. The fourth-order valence-corrected chi connectivity index (χ4v) is 4.25. The van der Waals surface area contributed by atoms with Crippen molar-refractivity contribution in [2.24, 2.45) is 0 Å². The third kappa shape index (κ3) is 4.33. The van der Waals surface area contributed by atoms with Crippen molar-refractivity contribution in [1.82, 2.24) is 0 Å². The lowest BCUT2D eigenvalue weighted by Gasteiger charge is -2.30. The maximum absolute atomic E-state index is 12.3. The first-order valence-corrected chi connectivity index (χ1v) is 10.4. The van der Waals surface area contributed by atoms with Crippen molar-refractivity contribution in [3.8, 4) is 5.75 Å². The average Bonchev–Trinajstić information content (AvgIpc) is 2.67. The highest BCUT2D eigenvalue weighted by Crippen LogP contribution is 2.31. The Labute approximate surface area is 159 Å². The zero-order valence-electron chi connectivity index (χ0n) is 15.4. The zero-order valence-corrected chi connectivity index (χ0v) is 16.2. The minimum Gasteiger partial charge on any atom is -0.497 e. The Kier molecular flexibility index (Phi) is 5.55. The van der Waals surface area contributed by atoms with E-state index in [1.54, 1.807) is 50.4 Å². The second-order valence-electron chi connectivity index (χ2n) is 6.23. The minimum absolute atomic E-state index is 0.0662. The topological polar surface area (TPSA) is 87.7 Å². The molecule has 2 aromatic rings. The summed E-state index contributed by atoms with van der Waals surface area (Å²) in [5.74, 6) is 0.777. The van der Waals surface area contributed by atoms with E-state index in [2.05, 4.69) is 10.6 Å². The fourth-order valence-electron chi connectivity index (χ4n) is 3.05. The molecular weight excluding hydrogens is 366 g/mol. The van der Waals surface area contributed by atoms with E-state index in [1.807, 2.05) is 6.07 Å². The molecule has 8 heteroatoms. The number of anilines is 3. The number of hydrogen-bond donors (Lipinski definition) is 2. The van der Waals surface area contributed by atoms with Gasteiger partial charge in [0.15, 0.2) is 0 Å². The molecule has 1 aliphatic rings. The molecule has 0 atom stereocenters. The summed E-state index contributed by atoms with van der Waals surface area (Å²) in [5, 5.41) is 5.54. The van der Waals surface area contributed by atoms with Crippen LogP contribution in [-0.2, 0) is 16.4 Å². The smallest absolute Gasteiger partial charge is 0.323 e. The van der Waals surface area contributed by atoms with Crippen LogP contribution in [0.4, 0.5) is 21.9 Å². The number of urea groups is 1. The molecule has 0 unspecified atom stereocenters. The molecule has 1 aliphatic heterocycles. The Morgan fingerprint density at radius 1 is 1.11 bits per heavy atom. The minimum atomic E-state index is -3.29. The number of benzene rings is 2. The summed E-state index contributed by atoms with van der Waals surface area (Å²) >= 11 is 0. The molecule has 7 nitrogen and oxygen atoms in total. The number of sulfonamides is 1. The molecule has 0 spiro atoms. The van der Waals surface area contributed by atoms with Gasteiger partial charge in [-0.3, -0.25) is 4.31 Å². The number of methoxy groups -OCH3 is 1. The van der Waals surface area contributed by atoms with Crippen LogP contribution < -0.4 is 19.7 Å². The molecule has 2 amide bonds. The van der Waals surface area contributed by atoms with Crippen LogP contribution in [0.2, 0.25) is 0 Å². The molecule has 0 aromatic heterocycles. The number of rotatable bonds is 5. The lowest BCUT2D eigenvalue weighted by atomic mass is 10.0. The molecule has 3 rings (SSSR count). The molecule has 27 heavy (non-hydrogen) atoms. The van der Waals surface area contributed by atoms with Gasteiger partial charge in [0.1, 0.15) is 5.75 Å². The molecule has 144 valence electrons. The number of hydrogen-bond acceptors (Lipinski definition) is 4. The van der Waals surface area contributed by atoms with E-state index in [9.17, 15) is 13.2 Å². The summed E-state index contributed by atoms with van der Waals surface area (Å²) in [6.45, 7) is 2.14. The van der Waals surface area contributed by atoms with Gasteiger partial charge in [-0.2, -0.15) is 0 Å². The van der Waals surface area contributed by atoms with Crippen molar-refractivity contribution >= 4 is 33.1 Å². The van der Waals surface area contributed by atoms with Crippen LogP contribution >= 0.6 is 0 Å². The van der Waals surface area contributed by atoms with Gasteiger partial charge >= 0.3 is 6.03 Å². The molecule has 2 aromatic carbocycles. The normalized spacial score (nSPS) is 13.6. The highest BCUT2D eigenvalue weighted by molar-refractivity contribution is 7.92. The Balaban J connectivity index is 1.72. The largest absolute Gasteiger partial charge is 0.497 e. The van der Waals surface area contributed by atoms with Gasteiger partial charge in [-0.15, -0.1) is 0 Å². The summed E-state index contributed by atoms with van der Waals surface area (Å²) in [4.78, 5) is 12.2. The number of nitrogens with zero attached hydrogens (tertiary/aromatic N) is 1. The van der Waals surface area contributed by atoms with Gasteiger partial charge in [-0.25, -0.2) is 13.2 Å². The summed E-state index contributed by atoms with van der Waals surface area (Å²) < 4.78 is 31.1. The van der Waals surface area contributed by atoms with Crippen molar-refractivity contribution < 1.29 is 17.9 Å². The second kappa shape index (κ2) is 7.87. The zero-order chi connectivity index (χ0) is 19.4. The lowest BCUT2D eigenvalue weighted by molar-refractivity contribution is 0.262. The molecular formula is C19H23N3O4S. The molecule has 0 saturated carbocycles. The number of aryl methyl sites for hydroxylation is 1. The van der Waals surface area contributed by atoms with E-state index >= 15 is 0 Å². The average molecular weight is 389 g/mol. The molecule has 1 heterocycles. The number of carbonyl (C=O) groups is 1. The van der Waals surface area contributed by atoms with Gasteiger partial charge in [0.2, 0.25) is 10.0 Å². The van der Waals surface area contributed by atoms with Gasteiger partial charge in [0, 0.05) is 17.9 Å². The monoisotopic (exact) mass is 389 g/mol. The van der Waals surface area contributed by atoms with E-state index in [4.69, 9.17) is 4.74 Å². The van der Waals surface area contributed by atoms with Crippen LogP contribution in [0.15, 0.2) is 42.5 Å². The van der Waals surface area contributed by atoms with Crippen LogP contribution in [-0.4, -0.2) is 33.9 Å². The van der Waals surface area contributed by atoms with Crippen molar-refractivity contribution in [1.29, 1.82) is 0 Å². The molecule has 0 radical (unpaired) electrons. The van der Waals surface area contributed by atoms with E-state index < -0.39 is 10.0 Å². The Morgan fingerprint density at radius 2 is 1.78 bits per heavy atom. The van der Waals surface area contributed by atoms with Gasteiger partial charge in [-0.1, -0.05) is 0 Å². The Morgan fingerprint density at radius 3 is 2.44 bits per heavy atom. The van der Waals surface area contributed by atoms with E-state index in [1.165, 1.54) is 4.31 Å². The van der Waals surface area contributed by atoms with E-state index in [-0.39, 0.29) is 11.8 Å². The van der Waals surface area contributed by atoms with Crippen LogP contribution in [0, 0.1) is 0 Å². The number of amides is 2. The highest BCUT2D eigenvalue weighted by Gasteiger charge is 2.26. The molecule has 0 aliphatic carbocycles. The maximum Gasteiger partial charge on any atom is 0.323 e. The van der Waals surface area contributed by atoms with Crippen molar-refractivity contribution in [3.63, 3.8) is 0 Å². The summed E-state index contributed by atoms with van der Waals surface area (Å²) in [6, 6.07) is 12.0. The summed E-state index contributed by atoms with van der Waals surface area (Å²) in [6.07, 6.45) is 1.54. The highest BCUT2D eigenvalue weighted by atomic mass is 32.2. The van der Waals surface area contributed by atoms with Gasteiger partial charge in [0.25, 0.3) is 0 Å². The van der Waals surface area contributed by atoms with Crippen LogP contribution in [0.5, 0.6) is 5.75 Å². The van der Waals surface area contributed by atoms with Crippen molar-refractivity contribution in [3.05, 3.63) is 48.0 Å². The first-order chi connectivity index (χ1) is 12.9. The molecule has 2 N–H and O–H groups in total. The standard InChI is InChI=1S/C19H23N3O4S/c1-3-27(24,25)22-12-4-5-14-13-16(8-11-18(14)22)21-19(23)20-15-6-9-17(26-2)10-7-15/h6-11,13H,3-5,12H2,1-2H3,(H2,20,21,23). The summed E-state index contributed by atoms with van der Waals surface area (Å²) in [5.41, 5.74) is 2.88. The van der Waals surface area contributed by atoms with Gasteiger partial charge < -0.3 is 15.4 Å². The Hall–Kier alpha value is -2.74. The first-order valence-electron chi connectivity index (χ1n) is 8.78. The quantitative estimate of drug-likeness (QED) is 0.820. The van der Waals surface area contributed by atoms with E-state index in [0.29, 0.717) is 29.4 Å². The maximum atomic E-state index is 12.3.